The Labute approximate surface area is 130 Å². The van der Waals surface area contributed by atoms with Crippen molar-refractivity contribution in [3.05, 3.63) is 46.3 Å². The summed E-state index contributed by atoms with van der Waals surface area (Å²) in [7, 11) is 0. The Kier molecular flexibility index (Phi) is 4.82. The zero-order chi connectivity index (χ0) is 15.4. The van der Waals surface area contributed by atoms with Crippen LogP contribution in [0.2, 0.25) is 5.02 Å². The van der Waals surface area contributed by atoms with E-state index in [1.54, 1.807) is 31.2 Å². The summed E-state index contributed by atoms with van der Waals surface area (Å²) in [5.41, 5.74) is 0. The topological polar surface area (TPSA) is 75.6 Å². The highest BCUT2D eigenvalue weighted by Crippen LogP contribution is 2.23. The van der Waals surface area contributed by atoms with E-state index < -0.39 is 12.1 Å². The van der Waals surface area contributed by atoms with E-state index in [1.807, 2.05) is 0 Å². The normalized spacial score (nSPS) is 11.7. The molecule has 0 saturated heterocycles. The number of benzene rings is 1. The molecule has 2 N–H and O–H groups in total. The third-order valence-corrected chi connectivity index (χ3v) is 3.77. The summed E-state index contributed by atoms with van der Waals surface area (Å²) in [5.74, 6) is -0.903. The van der Waals surface area contributed by atoms with Gasteiger partial charge in [-0.05, 0) is 37.3 Å². The number of anilines is 1. The number of carbonyl (C=O) groups excluding carboxylic acids is 1. The van der Waals surface area contributed by atoms with Crippen LogP contribution in [0.4, 0.5) is 5.00 Å². The maximum absolute atomic E-state index is 12.0. The lowest BCUT2D eigenvalue weighted by molar-refractivity contribution is -0.122. The number of carboxylic acids is 1. The monoisotopic (exact) mass is 325 g/mol. The zero-order valence-electron chi connectivity index (χ0n) is 11.0. The molecule has 1 amide bonds. The molecular formula is C14H12ClNO4S. The van der Waals surface area contributed by atoms with Crippen molar-refractivity contribution in [1.29, 1.82) is 0 Å². The molecule has 2 aromatic rings. The number of rotatable bonds is 5. The first kappa shape index (κ1) is 15.3. The van der Waals surface area contributed by atoms with Gasteiger partial charge in [0.2, 0.25) is 0 Å². The van der Waals surface area contributed by atoms with Gasteiger partial charge in [-0.25, -0.2) is 4.79 Å². The molecule has 1 heterocycles. The number of hydrogen-bond donors (Lipinski definition) is 2. The summed E-state index contributed by atoms with van der Waals surface area (Å²) in [4.78, 5) is 22.9. The highest BCUT2D eigenvalue weighted by atomic mass is 35.5. The number of carboxylic acid groups (broad SMARTS) is 1. The number of thiophene rings is 1. The van der Waals surface area contributed by atoms with Gasteiger partial charge in [0.15, 0.2) is 6.10 Å². The minimum atomic E-state index is -1.02. The average Bonchev–Trinajstić information content (AvgIpc) is 2.87. The van der Waals surface area contributed by atoms with Crippen molar-refractivity contribution in [3.63, 3.8) is 0 Å². The van der Waals surface area contributed by atoms with Crippen LogP contribution in [0.1, 0.15) is 16.6 Å². The number of ether oxygens (including phenoxy) is 1. The summed E-state index contributed by atoms with van der Waals surface area (Å²) in [5, 5.41) is 12.4. The van der Waals surface area contributed by atoms with Crippen LogP contribution in [0.3, 0.4) is 0 Å². The fourth-order valence-electron chi connectivity index (χ4n) is 1.54. The number of halogens is 1. The molecule has 0 radical (unpaired) electrons. The van der Waals surface area contributed by atoms with Crippen molar-refractivity contribution in [2.75, 3.05) is 5.32 Å². The third kappa shape index (κ3) is 4.21. The molecule has 0 aliphatic rings. The predicted octanol–water partition coefficient (Wildman–Crippen LogP) is 3.51. The van der Waals surface area contributed by atoms with Gasteiger partial charge in [-0.15, -0.1) is 11.3 Å². The van der Waals surface area contributed by atoms with Crippen molar-refractivity contribution < 1.29 is 19.4 Å². The smallest absolute Gasteiger partial charge is 0.345 e. The maximum atomic E-state index is 12.0. The molecule has 1 unspecified atom stereocenters. The van der Waals surface area contributed by atoms with E-state index >= 15 is 0 Å². The molecule has 21 heavy (non-hydrogen) atoms. The van der Waals surface area contributed by atoms with Gasteiger partial charge < -0.3 is 15.2 Å². The highest BCUT2D eigenvalue weighted by Gasteiger charge is 2.16. The lowest BCUT2D eigenvalue weighted by atomic mass is 10.3. The van der Waals surface area contributed by atoms with Crippen molar-refractivity contribution >= 4 is 39.8 Å². The quantitative estimate of drug-likeness (QED) is 0.882. The van der Waals surface area contributed by atoms with Crippen LogP contribution < -0.4 is 10.1 Å². The zero-order valence-corrected chi connectivity index (χ0v) is 12.6. The van der Waals surface area contributed by atoms with Crippen molar-refractivity contribution in [1.82, 2.24) is 0 Å². The molecular weight excluding hydrogens is 314 g/mol. The van der Waals surface area contributed by atoms with E-state index in [0.717, 1.165) is 11.3 Å². The van der Waals surface area contributed by atoms with Gasteiger partial charge in [0.25, 0.3) is 5.91 Å². The lowest BCUT2D eigenvalue weighted by Crippen LogP contribution is -2.29. The van der Waals surface area contributed by atoms with E-state index in [4.69, 9.17) is 21.4 Å². The molecule has 0 spiro atoms. The minimum absolute atomic E-state index is 0.161. The molecule has 0 fully saturated rings. The van der Waals surface area contributed by atoms with E-state index in [9.17, 15) is 9.59 Å². The van der Waals surface area contributed by atoms with Gasteiger partial charge in [0.1, 0.15) is 10.6 Å². The van der Waals surface area contributed by atoms with Crippen LogP contribution in [0.25, 0.3) is 0 Å². The van der Waals surface area contributed by atoms with Gasteiger partial charge in [-0.2, -0.15) is 0 Å². The van der Waals surface area contributed by atoms with Crippen molar-refractivity contribution in [2.45, 2.75) is 13.0 Å². The Morgan fingerprint density at radius 2 is 2.10 bits per heavy atom. The second kappa shape index (κ2) is 6.60. The van der Waals surface area contributed by atoms with Crippen molar-refractivity contribution in [2.24, 2.45) is 0 Å². The molecule has 2 rings (SSSR count). The number of aromatic carboxylic acids is 1. The number of carbonyl (C=O) groups is 2. The lowest BCUT2D eigenvalue weighted by Gasteiger charge is -2.14. The first-order chi connectivity index (χ1) is 9.95. The van der Waals surface area contributed by atoms with Crippen LogP contribution in [0.5, 0.6) is 5.75 Å². The molecule has 7 heteroatoms. The Bertz CT molecular complexity index is 670. The molecule has 0 saturated carbocycles. The number of amides is 1. The maximum Gasteiger partial charge on any atom is 0.345 e. The Balaban J connectivity index is 1.97. The predicted molar refractivity (Wildman–Crippen MR) is 81.5 cm³/mol. The summed E-state index contributed by atoms with van der Waals surface area (Å²) < 4.78 is 5.48. The summed E-state index contributed by atoms with van der Waals surface area (Å²) in [6.45, 7) is 1.60. The fourth-order valence-corrected chi connectivity index (χ4v) is 2.47. The average molecular weight is 326 g/mol. The standard InChI is InChI=1S/C14H12ClNO4S/c1-8(20-10-4-2-3-9(15)7-10)13(17)16-12-6-5-11(21-12)14(18)19/h2-8H,1H3,(H,16,17)(H,18,19). The molecule has 1 aromatic heterocycles. The van der Waals surface area contributed by atoms with E-state index in [2.05, 4.69) is 5.32 Å². The van der Waals surface area contributed by atoms with E-state index in [0.29, 0.717) is 15.8 Å². The summed E-state index contributed by atoms with van der Waals surface area (Å²) >= 11 is 6.82. The highest BCUT2D eigenvalue weighted by molar-refractivity contribution is 7.18. The second-order valence-corrected chi connectivity index (χ2v) is 5.70. The molecule has 0 aliphatic carbocycles. The molecule has 1 atom stereocenters. The van der Waals surface area contributed by atoms with Gasteiger partial charge >= 0.3 is 5.97 Å². The summed E-state index contributed by atoms with van der Waals surface area (Å²) in [6.07, 6.45) is -0.737. The second-order valence-electron chi connectivity index (χ2n) is 4.18. The first-order valence-electron chi connectivity index (χ1n) is 6.02. The van der Waals surface area contributed by atoms with Crippen LogP contribution in [0.15, 0.2) is 36.4 Å². The summed E-state index contributed by atoms with van der Waals surface area (Å²) in [6, 6.07) is 9.71. The largest absolute Gasteiger partial charge is 0.481 e. The molecule has 1 aromatic carbocycles. The first-order valence-corrected chi connectivity index (χ1v) is 7.21. The third-order valence-electron chi connectivity index (χ3n) is 2.54. The van der Waals surface area contributed by atoms with Gasteiger partial charge in [-0.1, -0.05) is 17.7 Å². The van der Waals surface area contributed by atoms with Gasteiger partial charge in [0.05, 0.1) is 5.00 Å². The fraction of sp³-hybridized carbons (Fsp3) is 0.143. The SMILES string of the molecule is CC(Oc1cccc(Cl)c1)C(=O)Nc1ccc(C(=O)O)s1. The van der Waals surface area contributed by atoms with Crippen LogP contribution in [-0.4, -0.2) is 23.1 Å². The van der Waals surface area contributed by atoms with Crippen molar-refractivity contribution in [3.8, 4) is 5.75 Å². The van der Waals surface area contributed by atoms with Crippen LogP contribution in [-0.2, 0) is 4.79 Å². The van der Waals surface area contributed by atoms with E-state index in [-0.39, 0.29) is 10.8 Å². The Morgan fingerprint density at radius 3 is 2.71 bits per heavy atom. The Hall–Kier alpha value is -2.05. The Morgan fingerprint density at radius 1 is 1.33 bits per heavy atom. The van der Waals surface area contributed by atoms with Gasteiger partial charge in [-0.3, -0.25) is 4.79 Å². The number of nitrogens with one attached hydrogen (secondary N) is 1. The van der Waals surface area contributed by atoms with Crippen LogP contribution in [0, 0.1) is 0 Å². The minimum Gasteiger partial charge on any atom is -0.481 e. The molecule has 110 valence electrons. The molecule has 0 bridgehead atoms. The van der Waals surface area contributed by atoms with Crippen LogP contribution >= 0.6 is 22.9 Å². The molecule has 5 nitrogen and oxygen atoms in total. The van der Waals surface area contributed by atoms with Gasteiger partial charge in [0, 0.05) is 5.02 Å². The molecule has 0 aliphatic heterocycles. The number of hydrogen-bond acceptors (Lipinski definition) is 4. The van der Waals surface area contributed by atoms with E-state index in [1.165, 1.54) is 12.1 Å².